The van der Waals surface area contributed by atoms with E-state index >= 15 is 0 Å². The Morgan fingerprint density at radius 1 is 1.56 bits per heavy atom. The number of hydrogen-bond donors (Lipinski definition) is 2. The summed E-state index contributed by atoms with van der Waals surface area (Å²) < 4.78 is 0. The van der Waals surface area contributed by atoms with Gasteiger partial charge in [-0.3, -0.25) is 0 Å². The molecule has 2 nitrogen and oxygen atoms in total. The van der Waals surface area contributed by atoms with Crippen LogP contribution in [-0.2, 0) is 0 Å². The normalized spacial score (nSPS) is 19.7. The fourth-order valence-corrected chi connectivity index (χ4v) is 1.47. The highest BCUT2D eigenvalue weighted by Gasteiger charge is 2.15. The predicted octanol–water partition coefficient (Wildman–Crippen LogP) is 0.0402. The molecule has 54 valence electrons. The Labute approximate surface area is 60.6 Å². The summed E-state index contributed by atoms with van der Waals surface area (Å²) >= 11 is 2.01. The van der Waals surface area contributed by atoms with Gasteiger partial charge < -0.3 is 11.1 Å². The van der Waals surface area contributed by atoms with Crippen LogP contribution in [0.25, 0.3) is 0 Å². The van der Waals surface area contributed by atoms with Crippen molar-refractivity contribution in [3.05, 3.63) is 0 Å². The van der Waals surface area contributed by atoms with E-state index in [0.717, 1.165) is 25.6 Å². The monoisotopic (exact) mass is 146 g/mol. The van der Waals surface area contributed by atoms with Crippen molar-refractivity contribution in [3.63, 3.8) is 0 Å². The van der Waals surface area contributed by atoms with E-state index in [4.69, 9.17) is 5.73 Å². The predicted molar refractivity (Wildman–Crippen MR) is 42.8 cm³/mol. The number of nitrogens with one attached hydrogen (secondary N) is 1. The van der Waals surface area contributed by atoms with E-state index in [-0.39, 0.29) is 0 Å². The molecule has 3 heteroatoms. The molecule has 0 atom stereocenters. The second-order valence-corrected chi connectivity index (χ2v) is 3.41. The van der Waals surface area contributed by atoms with Crippen molar-refractivity contribution in [2.45, 2.75) is 12.5 Å². The first-order valence-electron chi connectivity index (χ1n) is 3.44. The lowest BCUT2D eigenvalue weighted by atomic mass is 10.3. The van der Waals surface area contributed by atoms with Gasteiger partial charge >= 0.3 is 0 Å². The van der Waals surface area contributed by atoms with Gasteiger partial charge in [0.25, 0.3) is 0 Å². The molecule has 1 aliphatic heterocycles. The second-order valence-electron chi connectivity index (χ2n) is 2.33. The van der Waals surface area contributed by atoms with E-state index in [1.807, 2.05) is 11.8 Å². The van der Waals surface area contributed by atoms with Crippen LogP contribution in [0.2, 0.25) is 0 Å². The first-order chi connectivity index (χ1) is 4.43. The van der Waals surface area contributed by atoms with Gasteiger partial charge in [0.1, 0.15) is 0 Å². The van der Waals surface area contributed by atoms with Crippen LogP contribution in [-0.4, -0.2) is 30.6 Å². The van der Waals surface area contributed by atoms with Gasteiger partial charge in [-0.05, 0) is 19.5 Å². The lowest BCUT2D eigenvalue weighted by Gasteiger charge is -2.25. The number of hydrogen-bond acceptors (Lipinski definition) is 3. The van der Waals surface area contributed by atoms with E-state index < -0.39 is 0 Å². The topological polar surface area (TPSA) is 38.0 Å². The molecule has 0 bridgehead atoms. The van der Waals surface area contributed by atoms with E-state index in [1.165, 1.54) is 11.5 Å². The van der Waals surface area contributed by atoms with Crippen LogP contribution in [0.15, 0.2) is 0 Å². The quantitative estimate of drug-likeness (QED) is 0.550. The summed E-state index contributed by atoms with van der Waals surface area (Å²) in [4.78, 5) is 0. The van der Waals surface area contributed by atoms with Gasteiger partial charge in [0.15, 0.2) is 0 Å². The Balaban J connectivity index is 1.80. The van der Waals surface area contributed by atoms with Gasteiger partial charge in [-0.15, -0.1) is 0 Å². The highest BCUT2D eigenvalue weighted by Crippen LogP contribution is 2.16. The van der Waals surface area contributed by atoms with Crippen LogP contribution < -0.4 is 11.1 Å². The maximum atomic E-state index is 5.33. The van der Waals surface area contributed by atoms with Crippen molar-refractivity contribution < 1.29 is 0 Å². The van der Waals surface area contributed by atoms with E-state index in [0.29, 0.717) is 0 Å². The molecule has 3 N–H and O–H groups in total. The minimum atomic E-state index is 0.793. The molecule has 1 aliphatic rings. The SMILES string of the molecule is NCCCNC1CSC1. The Morgan fingerprint density at radius 3 is 2.78 bits per heavy atom. The molecule has 0 amide bonds. The highest BCUT2D eigenvalue weighted by molar-refractivity contribution is 8.00. The zero-order valence-corrected chi connectivity index (χ0v) is 6.41. The van der Waals surface area contributed by atoms with Crippen molar-refractivity contribution in [3.8, 4) is 0 Å². The van der Waals surface area contributed by atoms with Gasteiger partial charge in [-0.25, -0.2) is 0 Å². The third-order valence-corrected chi connectivity index (χ3v) is 2.73. The summed E-state index contributed by atoms with van der Waals surface area (Å²) in [6.07, 6.45) is 1.11. The van der Waals surface area contributed by atoms with Gasteiger partial charge in [0, 0.05) is 17.5 Å². The largest absolute Gasteiger partial charge is 0.330 e. The Bertz CT molecular complexity index is 73.5. The van der Waals surface area contributed by atoms with E-state index in [9.17, 15) is 0 Å². The van der Waals surface area contributed by atoms with Crippen LogP contribution in [0.5, 0.6) is 0 Å². The van der Waals surface area contributed by atoms with Crippen molar-refractivity contribution in [1.82, 2.24) is 5.32 Å². The number of nitrogens with two attached hydrogens (primary N) is 1. The number of rotatable bonds is 4. The second kappa shape index (κ2) is 4.14. The third kappa shape index (κ3) is 2.56. The molecule has 0 aromatic rings. The smallest absolute Gasteiger partial charge is 0.0248 e. The molecule has 1 rings (SSSR count). The molecule has 0 saturated carbocycles. The minimum Gasteiger partial charge on any atom is -0.330 e. The lowest BCUT2D eigenvalue weighted by molar-refractivity contribution is 0.569. The van der Waals surface area contributed by atoms with Gasteiger partial charge in [0.2, 0.25) is 0 Å². The van der Waals surface area contributed by atoms with Crippen LogP contribution in [0.4, 0.5) is 0 Å². The Hall–Kier alpha value is 0.270. The maximum Gasteiger partial charge on any atom is 0.0248 e. The molecule has 0 aromatic heterocycles. The number of thioether (sulfide) groups is 1. The summed E-state index contributed by atoms with van der Waals surface area (Å²) in [6, 6.07) is 0.793. The molecular weight excluding hydrogens is 132 g/mol. The summed E-state index contributed by atoms with van der Waals surface area (Å²) in [7, 11) is 0. The Morgan fingerprint density at radius 2 is 2.33 bits per heavy atom. The lowest BCUT2D eigenvalue weighted by Crippen LogP contribution is -2.41. The minimum absolute atomic E-state index is 0.793. The molecule has 1 heterocycles. The zero-order chi connectivity index (χ0) is 6.53. The molecule has 0 spiro atoms. The van der Waals surface area contributed by atoms with Gasteiger partial charge in [-0.1, -0.05) is 0 Å². The molecule has 1 saturated heterocycles. The van der Waals surface area contributed by atoms with Crippen LogP contribution in [0, 0.1) is 0 Å². The van der Waals surface area contributed by atoms with Crippen molar-refractivity contribution in [2.24, 2.45) is 5.73 Å². The van der Waals surface area contributed by atoms with E-state index in [1.54, 1.807) is 0 Å². The summed E-state index contributed by atoms with van der Waals surface area (Å²) in [5, 5.41) is 3.42. The van der Waals surface area contributed by atoms with Crippen LogP contribution in [0.3, 0.4) is 0 Å². The fraction of sp³-hybridized carbons (Fsp3) is 1.00. The average Bonchev–Trinajstić information content (AvgIpc) is 1.76. The first-order valence-corrected chi connectivity index (χ1v) is 4.60. The van der Waals surface area contributed by atoms with Gasteiger partial charge in [-0.2, -0.15) is 11.8 Å². The molecule has 0 aromatic carbocycles. The average molecular weight is 146 g/mol. The maximum absolute atomic E-state index is 5.33. The van der Waals surface area contributed by atoms with Crippen molar-refractivity contribution in [1.29, 1.82) is 0 Å². The van der Waals surface area contributed by atoms with Crippen molar-refractivity contribution in [2.75, 3.05) is 24.6 Å². The first kappa shape index (κ1) is 7.38. The van der Waals surface area contributed by atoms with Gasteiger partial charge in [0.05, 0.1) is 0 Å². The summed E-state index contributed by atoms with van der Waals surface area (Å²) in [6.45, 7) is 1.91. The van der Waals surface area contributed by atoms with E-state index in [2.05, 4.69) is 5.32 Å². The fourth-order valence-electron chi connectivity index (χ4n) is 0.762. The standard InChI is InChI=1S/C6H14N2S/c7-2-1-3-8-6-4-9-5-6/h6,8H,1-5,7H2. The summed E-state index contributed by atoms with van der Waals surface area (Å²) in [5.74, 6) is 2.59. The van der Waals surface area contributed by atoms with Crippen molar-refractivity contribution >= 4 is 11.8 Å². The van der Waals surface area contributed by atoms with Crippen LogP contribution >= 0.6 is 11.8 Å². The zero-order valence-electron chi connectivity index (χ0n) is 5.60. The molecule has 9 heavy (non-hydrogen) atoms. The summed E-state index contributed by atoms with van der Waals surface area (Å²) in [5.41, 5.74) is 5.33. The molecular formula is C6H14N2S. The molecule has 0 aliphatic carbocycles. The third-order valence-electron chi connectivity index (χ3n) is 1.45. The molecule has 0 radical (unpaired) electrons. The highest BCUT2D eigenvalue weighted by atomic mass is 32.2. The Kier molecular flexibility index (Phi) is 3.40. The molecule has 1 fully saturated rings. The molecule has 0 unspecified atom stereocenters. The van der Waals surface area contributed by atoms with Crippen LogP contribution in [0.1, 0.15) is 6.42 Å².